The monoisotopic (exact) mass is 621 g/mol. The first-order valence-corrected chi connectivity index (χ1v) is 14.3. The molecular formula is C30H23F4N7O2S. The lowest BCUT2D eigenvalue weighted by Crippen LogP contribution is -2.28. The van der Waals surface area contributed by atoms with E-state index in [4.69, 9.17) is 0 Å². The van der Waals surface area contributed by atoms with Crippen LogP contribution in [0.25, 0.3) is 17.1 Å². The summed E-state index contributed by atoms with van der Waals surface area (Å²) in [5, 5.41) is 8.67. The van der Waals surface area contributed by atoms with Gasteiger partial charge in [-0.2, -0.15) is 10.1 Å². The number of carbonyl (C=O) groups is 1. The summed E-state index contributed by atoms with van der Waals surface area (Å²) in [7, 11) is 0. The van der Waals surface area contributed by atoms with Crippen molar-refractivity contribution in [3.05, 3.63) is 101 Å². The van der Waals surface area contributed by atoms with Crippen molar-refractivity contribution >= 4 is 34.9 Å². The van der Waals surface area contributed by atoms with Crippen molar-refractivity contribution in [2.75, 3.05) is 10.7 Å². The molecule has 2 amide bonds. The second-order valence-corrected chi connectivity index (χ2v) is 10.9. The van der Waals surface area contributed by atoms with Gasteiger partial charge < -0.3 is 4.74 Å². The van der Waals surface area contributed by atoms with Crippen molar-refractivity contribution in [2.24, 2.45) is 10.1 Å². The van der Waals surface area contributed by atoms with Crippen molar-refractivity contribution in [3.8, 4) is 22.8 Å². The largest absolute Gasteiger partial charge is 0.573 e. The minimum absolute atomic E-state index is 0.108. The molecule has 14 heteroatoms. The summed E-state index contributed by atoms with van der Waals surface area (Å²) >= 11 is 1.46. The van der Waals surface area contributed by atoms with E-state index in [0.29, 0.717) is 22.2 Å². The number of aliphatic imine (C=N–C) groups is 1. The molecule has 224 valence electrons. The molecule has 0 radical (unpaired) electrons. The summed E-state index contributed by atoms with van der Waals surface area (Å²) < 4.78 is 57.2. The fourth-order valence-electron chi connectivity index (χ4n) is 4.82. The highest BCUT2D eigenvalue weighted by molar-refractivity contribution is 8.14. The number of allylic oxidation sites excluding steroid dienone is 1. The number of thioether (sulfide) groups is 1. The number of nitrogens with one attached hydrogen (secondary N) is 1. The zero-order valence-electron chi connectivity index (χ0n) is 23.2. The van der Waals surface area contributed by atoms with Crippen LogP contribution in [0.2, 0.25) is 0 Å². The van der Waals surface area contributed by atoms with E-state index >= 15 is 0 Å². The van der Waals surface area contributed by atoms with Gasteiger partial charge in [-0.1, -0.05) is 43.0 Å². The van der Waals surface area contributed by atoms with Crippen LogP contribution < -0.4 is 15.1 Å². The Bertz CT molecular complexity index is 1830. The number of aromatic nitrogens is 3. The summed E-state index contributed by atoms with van der Waals surface area (Å²) in [4.78, 5) is 22.9. The molecule has 1 fully saturated rings. The maximum atomic E-state index is 14.9. The number of ether oxygens (including phenoxy) is 1. The molecule has 1 saturated heterocycles. The van der Waals surface area contributed by atoms with E-state index < -0.39 is 18.2 Å². The molecule has 4 aromatic rings. The third-order valence-electron chi connectivity index (χ3n) is 6.83. The lowest BCUT2D eigenvalue weighted by molar-refractivity contribution is -0.274. The molecule has 3 aromatic carbocycles. The fourth-order valence-corrected chi connectivity index (χ4v) is 5.82. The van der Waals surface area contributed by atoms with E-state index in [-0.39, 0.29) is 23.1 Å². The molecule has 2 aliphatic rings. The van der Waals surface area contributed by atoms with Crippen molar-refractivity contribution in [3.63, 3.8) is 0 Å². The van der Waals surface area contributed by atoms with Crippen molar-refractivity contribution in [1.29, 1.82) is 0 Å². The van der Waals surface area contributed by atoms with Gasteiger partial charge in [0.25, 0.3) is 0 Å². The average Bonchev–Trinajstić information content (AvgIpc) is 3.61. The van der Waals surface area contributed by atoms with E-state index in [1.807, 2.05) is 11.8 Å². The molecule has 0 bridgehead atoms. The van der Waals surface area contributed by atoms with Crippen molar-refractivity contribution < 1.29 is 27.1 Å². The molecule has 9 nitrogen and oxygen atoms in total. The quantitative estimate of drug-likeness (QED) is 0.147. The van der Waals surface area contributed by atoms with Crippen LogP contribution in [0.4, 0.5) is 28.0 Å². The molecule has 6 rings (SSSR count). The number of anilines is 1. The molecule has 1 aromatic heterocycles. The summed E-state index contributed by atoms with van der Waals surface area (Å²) in [5.74, 6) is 0.142. The van der Waals surface area contributed by atoms with Gasteiger partial charge in [-0.15, -0.1) is 18.3 Å². The van der Waals surface area contributed by atoms with Gasteiger partial charge in [0.2, 0.25) is 0 Å². The Hall–Kier alpha value is -4.98. The maximum absolute atomic E-state index is 14.9. The van der Waals surface area contributed by atoms with E-state index in [2.05, 4.69) is 61.5 Å². The number of aryl methyl sites for hydroxylation is 1. The van der Waals surface area contributed by atoms with Gasteiger partial charge in [-0.3, -0.25) is 4.90 Å². The minimum Gasteiger partial charge on any atom is -0.406 e. The zero-order chi connectivity index (χ0) is 31.0. The summed E-state index contributed by atoms with van der Waals surface area (Å²) in [6.45, 7) is 4.15. The van der Waals surface area contributed by atoms with Crippen LogP contribution in [0.15, 0.2) is 88.9 Å². The number of benzene rings is 3. The molecule has 2 aliphatic heterocycles. The standard InChI is InChI=1S/C30H23F4N7O2S/c1-17-3-10-24-18(2)12-22-15-44-29(41(22)26(24)11-17)37-28(42)38-36-14-20-5-4-19(13-25(20)31)27-35-16-40(39-27)21-6-8-23(9-7-21)43-30(32,33)34/h3-14,16,18H,15H2,1-2H3,(H,38,42)/b36-14+,37-29?. The Morgan fingerprint density at radius 1 is 1.14 bits per heavy atom. The summed E-state index contributed by atoms with van der Waals surface area (Å²) in [6.07, 6.45) is -0.102. The van der Waals surface area contributed by atoms with Crippen LogP contribution in [0.1, 0.15) is 29.5 Å². The van der Waals surface area contributed by atoms with Crippen molar-refractivity contribution in [1.82, 2.24) is 20.2 Å². The van der Waals surface area contributed by atoms with Gasteiger partial charge in [-0.05, 0) is 60.5 Å². The summed E-state index contributed by atoms with van der Waals surface area (Å²) in [5.41, 5.74) is 7.56. The number of halogens is 4. The molecule has 0 aliphatic carbocycles. The number of alkyl halides is 3. The first-order chi connectivity index (χ1) is 21.0. The summed E-state index contributed by atoms with van der Waals surface area (Å²) in [6, 6.07) is 14.8. The van der Waals surface area contributed by atoms with Gasteiger partial charge in [0.1, 0.15) is 17.9 Å². The average molecular weight is 622 g/mol. The van der Waals surface area contributed by atoms with Crippen molar-refractivity contribution in [2.45, 2.75) is 26.1 Å². The third kappa shape index (κ3) is 6.20. The normalized spacial score (nSPS) is 17.0. The van der Waals surface area contributed by atoms with Gasteiger partial charge in [0.05, 0.1) is 17.6 Å². The lowest BCUT2D eigenvalue weighted by Gasteiger charge is -2.30. The molecule has 1 N–H and O–H groups in total. The lowest BCUT2D eigenvalue weighted by atomic mass is 9.93. The Balaban J connectivity index is 1.11. The second-order valence-electron chi connectivity index (χ2n) is 9.99. The van der Waals surface area contributed by atoms with Gasteiger partial charge in [0, 0.05) is 28.5 Å². The smallest absolute Gasteiger partial charge is 0.406 e. The Morgan fingerprint density at radius 2 is 1.93 bits per heavy atom. The van der Waals surface area contributed by atoms with Crippen LogP contribution in [0.5, 0.6) is 5.75 Å². The highest BCUT2D eigenvalue weighted by atomic mass is 32.2. The van der Waals surface area contributed by atoms with E-state index in [9.17, 15) is 22.4 Å². The van der Waals surface area contributed by atoms with Gasteiger partial charge >= 0.3 is 12.4 Å². The number of hydrogen-bond donors (Lipinski definition) is 1. The van der Waals surface area contributed by atoms with Gasteiger partial charge in [-0.25, -0.2) is 24.3 Å². The molecule has 3 heterocycles. The minimum atomic E-state index is -4.79. The van der Waals surface area contributed by atoms with Crippen LogP contribution in [-0.2, 0) is 0 Å². The maximum Gasteiger partial charge on any atom is 0.573 e. The number of amidine groups is 1. The van der Waals surface area contributed by atoms with Crippen LogP contribution in [0.3, 0.4) is 0 Å². The second kappa shape index (κ2) is 11.6. The van der Waals surface area contributed by atoms with Gasteiger partial charge in [0.15, 0.2) is 11.0 Å². The number of urea groups is 1. The predicted octanol–water partition coefficient (Wildman–Crippen LogP) is 6.93. The number of carbonyl (C=O) groups excluding carboxylic acids is 1. The highest BCUT2D eigenvalue weighted by Crippen LogP contribution is 2.43. The zero-order valence-corrected chi connectivity index (χ0v) is 24.0. The highest BCUT2D eigenvalue weighted by Gasteiger charge is 2.33. The topological polar surface area (TPSA) is 97.0 Å². The Morgan fingerprint density at radius 3 is 2.68 bits per heavy atom. The first kappa shape index (κ1) is 29.1. The third-order valence-corrected chi connectivity index (χ3v) is 7.81. The molecular weight excluding hydrogens is 598 g/mol. The molecule has 1 atom stereocenters. The number of amides is 2. The molecule has 0 saturated carbocycles. The SMILES string of the molecule is Cc1ccc2c(c1)N1C(=CC2C)CSC1=NC(=O)N/N=C/c1ccc(-c2ncn(-c3ccc(OC(F)(F)F)cc3)n2)cc1F. The molecule has 0 spiro atoms. The Labute approximate surface area is 253 Å². The predicted molar refractivity (Wildman–Crippen MR) is 160 cm³/mol. The van der Waals surface area contributed by atoms with E-state index in [0.717, 1.165) is 34.6 Å². The van der Waals surface area contributed by atoms with E-state index in [1.54, 1.807) is 6.07 Å². The first-order valence-electron chi connectivity index (χ1n) is 13.3. The Kier molecular flexibility index (Phi) is 7.67. The molecule has 1 unspecified atom stereocenters. The number of hydrogen-bond acceptors (Lipinski definition) is 6. The van der Waals surface area contributed by atoms with Crippen LogP contribution in [-0.4, -0.2) is 44.3 Å². The van der Waals surface area contributed by atoms with E-state index in [1.165, 1.54) is 53.3 Å². The molecule has 44 heavy (non-hydrogen) atoms. The van der Waals surface area contributed by atoms with Crippen LogP contribution >= 0.6 is 11.8 Å². The fraction of sp³-hybridized carbons (Fsp3) is 0.167. The number of fused-ring (bicyclic) bond motifs is 3. The number of hydrazone groups is 1. The number of rotatable bonds is 5. The van der Waals surface area contributed by atoms with Crippen LogP contribution in [0, 0.1) is 12.7 Å². The number of nitrogens with zero attached hydrogens (tertiary/aromatic N) is 6.